The van der Waals surface area contributed by atoms with Gasteiger partial charge in [-0.3, -0.25) is 4.79 Å². The van der Waals surface area contributed by atoms with Crippen LogP contribution in [-0.2, 0) is 9.53 Å². The van der Waals surface area contributed by atoms with E-state index < -0.39 is 5.60 Å². The van der Waals surface area contributed by atoms with Gasteiger partial charge in [-0.05, 0) is 26.8 Å². The number of ether oxygens (including phenoxy) is 1. The second-order valence-electron chi connectivity index (χ2n) is 4.99. The second kappa shape index (κ2) is 6.33. The number of nitrogens with two attached hydrogens (primary N) is 1. The van der Waals surface area contributed by atoms with E-state index in [-0.39, 0.29) is 5.91 Å². The molecule has 100 valence electrons. The summed E-state index contributed by atoms with van der Waals surface area (Å²) < 4.78 is 5.24. The van der Waals surface area contributed by atoms with Gasteiger partial charge < -0.3 is 20.3 Å². The van der Waals surface area contributed by atoms with Crippen LogP contribution in [0.4, 0.5) is 0 Å². The van der Waals surface area contributed by atoms with Gasteiger partial charge in [0.05, 0.1) is 0 Å². The lowest BCUT2D eigenvalue weighted by Crippen LogP contribution is -2.47. The van der Waals surface area contributed by atoms with E-state index in [4.69, 9.17) is 10.5 Å². The molecule has 1 amide bonds. The summed E-state index contributed by atoms with van der Waals surface area (Å²) in [5.74, 6) is 0.0783. The molecule has 0 bridgehead atoms. The topological polar surface area (TPSA) is 58.8 Å². The normalized spacial score (nSPS) is 19.2. The van der Waals surface area contributed by atoms with Gasteiger partial charge in [0.2, 0.25) is 0 Å². The van der Waals surface area contributed by atoms with Crippen LogP contribution in [-0.4, -0.2) is 67.7 Å². The maximum absolute atomic E-state index is 12.2. The SMILES string of the molecule is COC(C)(C)C(=O)N1CCCN(CCN)CC1. The number of nitrogens with zero attached hydrogens (tertiary/aromatic N) is 2. The smallest absolute Gasteiger partial charge is 0.254 e. The number of carbonyl (C=O) groups is 1. The van der Waals surface area contributed by atoms with Crippen molar-refractivity contribution in [2.45, 2.75) is 25.9 Å². The molecule has 0 atom stereocenters. The van der Waals surface area contributed by atoms with Crippen LogP contribution in [0.5, 0.6) is 0 Å². The van der Waals surface area contributed by atoms with Gasteiger partial charge in [-0.15, -0.1) is 0 Å². The van der Waals surface area contributed by atoms with Crippen molar-refractivity contribution in [3.05, 3.63) is 0 Å². The molecular weight excluding hydrogens is 218 g/mol. The van der Waals surface area contributed by atoms with E-state index in [1.54, 1.807) is 7.11 Å². The number of hydrogen-bond donors (Lipinski definition) is 1. The third-order valence-corrected chi connectivity index (χ3v) is 3.35. The van der Waals surface area contributed by atoms with Gasteiger partial charge in [-0.25, -0.2) is 0 Å². The van der Waals surface area contributed by atoms with E-state index in [2.05, 4.69) is 4.90 Å². The van der Waals surface area contributed by atoms with E-state index in [0.29, 0.717) is 6.54 Å². The van der Waals surface area contributed by atoms with Crippen LogP contribution in [0, 0.1) is 0 Å². The molecule has 0 spiro atoms. The maximum atomic E-state index is 12.2. The zero-order valence-corrected chi connectivity index (χ0v) is 11.2. The largest absolute Gasteiger partial charge is 0.369 e. The second-order valence-corrected chi connectivity index (χ2v) is 4.99. The quantitative estimate of drug-likeness (QED) is 0.749. The molecule has 1 heterocycles. The molecule has 2 N–H and O–H groups in total. The Kier molecular flexibility index (Phi) is 5.36. The van der Waals surface area contributed by atoms with E-state index in [1.165, 1.54) is 0 Å². The lowest BCUT2D eigenvalue weighted by molar-refractivity contribution is -0.150. The molecule has 0 aromatic rings. The first kappa shape index (κ1) is 14.4. The fourth-order valence-electron chi connectivity index (χ4n) is 2.05. The molecule has 5 nitrogen and oxygen atoms in total. The molecule has 0 aromatic carbocycles. The molecule has 0 aromatic heterocycles. The van der Waals surface area contributed by atoms with Crippen LogP contribution in [0.2, 0.25) is 0 Å². The van der Waals surface area contributed by atoms with Crippen LogP contribution < -0.4 is 5.73 Å². The molecule has 0 unspecified atom stereocenters. The Morgan fingerprint density at radius 1 is 1.29 bits per heavy atom. The number of rotatable bonds is 4. The predicted octanol–water partition coefficient (Wildman–Crippen LogP) is -0.0956. The first-order chi connectivity index (χ1) is 8.01. The highest BCUT2D eigenvalue weighted by molar-refractivity contribution is 5.84. The van der Waals surface area contributed by atoms with Crippen molar-refractivity contribution >= 4 is 5.91 Å². The van der Waals surface area contributed by atoms with Crippen molar-refractivity contribution in [1.29, 1.82) is 0 Å². The minimum absolute atomic E-state index is 0.0783. The number of carbonyl (C=O) groups excluding carboxylic acids is 1. The lowest BCUT2D eigenvalue weighted by Gasteiger charge is -2.30. The molecule has 1 fully saturated rings. The summed E-state index contributed by atoms with van der Waals surface area (Å²) in [6.07, 6.45) is 1.01. The van der Waals surface area contributed by atoms with Gasteiger partial charge in [0.25, 0.3) is 5.91 Å². The summed E-state index contributed by atoms with van der Waals surface area (Å²) in [6.45, 7) is 8.73. The third-order valence-electron chi connectivity index (χ3n) is 3.35. The summed E-state index contributed by atoms with van der Waals surface area (Å²) in [5.41, 5.74) is 4.83. The van der Waals surface area contributed by atoms with Gasteiger partial charge in [0.15, 0.2) is 0 Å². The molecule has 1 saturated heterocycles. The highest BCUT2D eigenvalue weighted by Gasteiger charge is 2.32. The van der Waals surface area contributed by atoms with Gasteiger partial charge >= 0.3 is 0 Å². The van der Waals surface area contributed by atoms with Gasteiger partial charge in [-0.1, -0.05) is 0 Å². The number of amides is 1. The van der Waals surface area contributed by atoms with Gasteiger partial charge in [-0.2, -0.15) is 0 Å². The predicted molar refractivity (Wildman–Crippen MR) is 67.8 cm³/mol. The number of methoxy groups -OCH3 is 1. The highest BCUT2D eigenvalue weighted by atomic mass is 16.5. The zero-order chi connectivity index (χ0) is 12.9. The van der Waals surface area contributed by atoms with Crippen LogP contribution >= 0.6 is 0 Å². The van der Waals surface area contributed by atoms with Crippen LogP contribution in [0.15, 0.2) is 0 Å². The average Bonchev–Trinajstić information content (AvgIpc) is 2.54. The first-order valence-corrected chi connectivity index (χ1v) is 6.28. The van der Waals surface area contributed by atoms with E-state index in [1.807, 2.05) is 18.7 Å². The minimum atomic E-state index is -0.719. The summed E-state index contributed by atoms with van der Waals surface area (Å²) in [5, 5.41) is 0. The number of hydrogen-bond acceptors (Lipinski definition) is 4. The molecule has 17 heavy (non-hydrogen) atoms. The monoisotopic (exact) mass is 243 g/mol. The lowest BCUT2D eigenvalue weighted by atomic mass is 10.1. The van der Waals surface area contributed by atoms with Crippen molar-refractivity contribution in [1.82, 2.24) is 9.80 Å². The van der Waals surface area contributed by atoms with E-state index in [9.17, 15) is 4.79 Å². The van der Waals surface area contributed by atoms with Crippen molar-refractivity contribution in [3.63, 3.8) is 0 Å². The Labute approximate surface area is 104 Å². The highest BCUT2D eigenvalue weighted by Crippen LogP contribution is 2.14. The summed E-state index contributed by atoms with van der Waals surface area (Å²) in [4.78, 5) is 16.4. The molecule has 0 aliphatic carbocycles. The molecule has 1 aliphatic rings. The van der Waals surface area contributed by atoms with E-state index in [0.717, 1.165) is 39.1 Å². The molecule has 0 saturated carbocycles. The molecule has 0 radical (unpaired) electrons. The standard InChI is InChI=1S/C12H25N3O2/c1-12(2,17-3)11(16)15-7-4-6-14(8-5-13)9-10-15/h4-10,13H2,1-3H3. The van der Waals surface area contributed by atoms with Crippen LogP contribution in [0.1, 0.15) is 20.3 Å². The Morgan fingerprint density at radius 2 is 2.00 bits per heavy atom. The summed E-state index contributed by atoms with van der Waals surface area (Å²) in [6, 6.07) is 0. The summed E-state index contributed by atoms with van der Waals surface area (Å²) >= 11 is 0. The minimum Gasteiger partial charge on any atom is -0.369 e. The molecular formula is C12H25N3O2. The maximum Gasteiger partial charge on any atom is 0.254 e. The zero-order valence-electron chi connectivity index (χ0n) is 11.2. The Morgan fingerprint density at radius 3 is 2.59 bits per heavy atom. The van der Waals surface area contributed by atoms with Gasteiger partial charge in [0, 0.05) is 39.8 Å². The van der Waals surface area contributed by atoms with Crippen molar-refractivity contribution in [3.8, 4) is 0 Å². The fourth-order valence-corrected chi connectivity index (χ4v) is 2.05. The van der Waals surface area contributed by atoms with Gasteiger partial charge in [0.1, 0.15) is 5.60 Å². The van der Waals surface area contributed by atoms with E-state index >= 15 is 0 Å². The fraction of sp³-hybridized carbons (Fsp3) is 0.917. The summed E-state index contributed by atoms with van der Waals surface area (Å²) in [7, 11) is 1.58. The molecule has 5 heteroatoms. The van der Waals surface area contributed by atoms with Crippen molar-refractivity contribution in [2.75, 3.05) is 46.4 Å². The Bertz CT molecular complexity index is 256. The molecule has 1 aliphatic heterocycles. The first-order valence-electron chi connectivity index (χ1n) is 6.28. The van der Waals surface area contributed by atoms with Crippen molar-refractivity contribution in [2.24, 2.45) is 5.73 Å². The third kappa shape index (κ3) is 3.94. The van der Waals surface area contributed by atoms with Crippen molar-refractivity contribution < 1.29 is 9.53 Å². The van der Waals surface area contributed by atoms with Crippen LogP contribution in [0.3, 0.4) is 0 Å². The van der Waals surface area contributed by atoms with Crippen LogP contribution in [0.25, 0.3) is 0 Å². The Hall–Kier alpha value is -0.650. The molecule has 1 rings (SSSR count). The average molecular weight is 243 g/mol. The Balaban J connectivity index is 2.54.